The molecule has 3 heteroatoms. The van der Waals surface area contributed by atoms with Crippen molar-refractivity contribution in [1.82, 2.24) is 9.88 Å². The van der Waals surface area contributed by atoms with Crippen LogP contribution in [0.15, 0.2) is 24.4 Å². The van der Waals surface area contributed by atoms with E-state index in [0.717, 1.165) is 31.7 Å². The van der Waals surface area contributed by atoms with Gasteiger partial charge in [0.25, 0.3) is 0 Å². The van der Waals surface area contributed by atoms with E-state index in [1.807, 2.05) is 18.3 Å². The van der Waals surface area contributed by atoms with E-state index in [0.29, 0.717) is 6.54 Å². The van der Waals surface area contributed by atoms with Gasteiger partial charge < -0.3 is 10.6 Å². The summed E-state index contributed by atoms with van der Waals surface area (Å²) in [6, 6.07) is 6.07. The second-order valence-electron chi connectivity index (χ2n) is 4.97. The summed E-state index contributed by atoms with van der Waals surface area (Å²) in [5.41, 5.74) is 7.20. The van der Waals surface area contributed by atoms with Gasteiger partial charge in [-0.25, -0.2) is 0 Å². The summed E-state index contributed by atoms with van der Waals surface area (Å²) in [5, 5.41) is 0. The van der Waals surface area contributed by atoms with Crippen molar-refractivity contribution in [3.8, 4) is 0 Å². The minimum atomic E-state index is 0.111. The van der Waals surface area contributed by atoms with E-state index in [1.54, 1.807) is 0 Å². The van der Waals surface area contributed by atoms with Crippen LogP contribution in [-0.4, -0.2) is 36.1 Å². The molecule has 2 N–H and O–H groups in total. The normalized spacial score (nSPS) is 14.9. The zero-order valence-corrected chi connectivity index (χ0v) is 11.3. The van der Waals surface area contributed by atoms with E-state index in [2.05, 4.69) is 36.7 Å². The van der Waals surface area contributed by atoms with Gasteiger partial charge in [0, 0.05) is 18.4 Å². The van der Waals surface area contributed by atoms with Crippen molar-refractivity contribution in [2.45, 2.75) is 27.2 Å². The van der Waals surface area contributed by atoms with Gasteiger partial charge in [0.2, 0.25) is 0 Å². The summed E-state index contributed by atoms with van der Waals surface area (Å²) in [4.78, 5) is 6.82. The van der Waals surface area contributed by atoms with E-state index in [4.69, 9.17) is 5.73 Å². The van der Waals surface area contributed by atoms with Crippen LogP contribution in [0.1, 0.15) is 26.5 Å². The van der Waals surface area contributed by atoms with Gasteiger partial charge in [0.05, 0.1) is 0 Å². The molecule has 3 nitrogen and oxygen atoms in total. The van der Waals surface area contributed by atoms with Gasteiger partial charge in [-0.05, 0) is 43.6 Å². The monoisotopic (exact) mass is 235 g/mol. The van der Waals surface area contributed by atoms with Crippen LogP contribution in [-0.2, 0) is 6.42 Å². The Morgan fingerprint density at radius 3 is 2.47 bits per heavy atom. The lowest BCUT2D eigenvalue weighted by molar-refractivity contribution is 0.180. The number of hydrogen-bond acceptors (Lipinski definition) is 3. The minimum Gasteiger partial charge on any atom is -0.330 e. The first-order valence-corrected chi connectivity index (χ1v) is 6.46. The third-order valence-electron chi connectivity index (χ3n) is 3.33. The van der Waals surface area contributed by atoms with Crippen LogP contribution in [0, 0.1) is 5.41 Å². The van der Waals surface area contributed by atoms with Crippen molar-refractivity contribution >= 4 is 0 Å². The second kappa shape index (κ2) is 6.72. The molecule has 0 aliphatic carbocycles. The van der Waals surface area contributed by atoms with Crippen molar-refractivity contribution in [3.63, 3.8) is 0 Å². The molecule has 96 valence electrons. The highest BCUT2D eigenvalue weighted by molar-refractivity contribution is 5.06. The topological polar surface area (TPSA) is 42.1 Å². The third kappa shape index (κ3) is 4.44. The van der Waals surface area contributed by atoms with E-state index >= 15 is 0 Å². The maximum absolute atomic E-state index is 5.96. The van der Waals surface area contributed by atoms with Gasteiger partial charge >= 0.3 is 0 Å². The molecular weight excluding hydrogens is 210 g/mol. The fraction of sp³-hybridized carbons (Fsp3) is 0.643. The predicted molar refractivity (Wildman–Crippen MR) is 72.9 cm³/mol. The summed E-state index contributed by atoms with van der Waals surface area (Å²) in [7, 11) is 0. The molecular formula is C14H25N3. The Bertz CT molecular complexity index is 309. The largest absolute Gasteiger partial charge is 0.330 e. The van der Waals surface area contributed by atoms with Crippen LogP contribution >= 0.6 is 0 Å². The number of nitrogens with two attached hydrogens (primary N) is 1. The summed E-state index contributed by atoms with van der Waals surface area (Å²) in [6.45, 7) is 10.5. The van der Waals surface area contributed by atoms with E-state index < -0.39 is 0 Å². The molecule has 0 aliphatic rings. The first kappa shape index (κ1) is 14.1. The summed E-state index contributed by atoms with van der Waals surface area (Å²) < 4.78 is 0. The number of rotatable bonds is 7. The summed E-state index contributed by atoms with van der Waals surface area (Å²) in [6.07, 6.45) is 2.80. The maximum atomic E-state index is 5.96. The Labute approximate surface area is 105 Å². The van der Waals surface area contributed by atoms with E-state index in [-0.39, 0.29) is 5.41 Å². The number of pyridine rings is 1. The van der Waals surface area contributed by atoms with Crippen molar-refractivity contribution in [3.05, 3.63) is 30.1 Å². The smallest absolute Gasteiger partial charge is 0.0410 e. The van der Waals surface area contributed by atoms with Crippen molar-refractivity contribution < 1.29 is 0 Å². The molecule has 1 atom stereocenters. The zero-order valence-electron chi connectivity index (χ0n) is 11.3. The first-order valence-electron chi connectivity index (χ1n) is 6.46. The number of hydrogen-bond donors (Lipinski definition) is 1. The molecule has 0 amide bonds. The Morgan fingerprint density at radius 1 is 1.29 bits per heavy atom. The molecule has 0 spiro atoms. The van der Waals surface area contributed by atoms with Crippen LogP contribution in [0.25, 0.3) is 0 Å². The molecule has 0 fully saturated rings. The van der Waals surface area contributed by atoms with Crippen molar-refractivity contribution in [2.75, 3.05) is 26.2 Å². The molecule has 0 aliphatic heterocycles. The second-order valence-corrected chi connectivity index (χ2v) is 4.97. The predicted octanol–water partition coefficient (Wildman–Crippen LogP) is 1.93. The molecule has 1 heterocycles. The van der Waals surface area contributed by atoms with Gasteiger partial charge in [-0.1, -0.05) is 26.8 Å². The average molecular weight is 235 g/mol. The van der Waals surface area contributed by atoms with Crippen LogP contribution in [0.2, 0.25) is 0 Å². The molecule has 0 radical (unpaired) electrons. The highest BCUT2D eigenvalue weighted by Crippen LogP contribution is 2.21. The fourth-order valence-electron chi connectivity index (χ4n) is 2.12. The Hall–Kier alpha value is -0.930. The minimum absolute atomic E-state index is 0.111. The van der Waals surface area contributed by atoms with Gasteiger partial charge in [-0.15, -0.1) is 0 Å². The standard InChI is InChI=1S/C14H25N3/c1-4-17(5-2)12-14(3,11-15)10-13-8-6-7-9-16-13/h6-9H,4-5,10-12,15H2,1-3H3. The lowest BCUT2D eigenvalue weighted by atomic mass is 9.84. The lowest BCUT2D eigenvalue weighted by Gasteiger charge is -2.33. The fourth-order valence-corrected chi connectivity index (χ4v) is 2.12. The highest BCUT2D eigenvalue weighted by atomic mass is 15.1. The quantitative estimate of drug-likeness (QED) is 0.785. The zero-order chi connectivity index (χ0) is 12.7. The van der Waals surface area contributed by atoms with E-state index in [1.165, 1.54) is 0 Å². The number of aromatic nitrogens is 1. The molecule has 0 aromatic carbocycles. The number of nitrogens with zero attached hydrogens (tertiary/aromatic N) is 2. The van der Waals surface area contributed by atoms with Crippen molar-refractivity contribution in [2.24, 2.45) is 11.1 Å². The van der Waals surface area contributed by atoms with Gasteiger partial charge in [-0.2, -0.15) is 0 Å². The Morgan fingerprint density at radius 2 is 2.00 bits per heavy atom. The molecule has 0 bridgehead atoms. The molecule has 1 unspecified atom stereocenters. The Kier molecular flexibility index (Phi) is 5.59. The molecule has 17 heavy (non-hydrogen) atoms. The lowest BCUT2D eigenvalue weighted by Crippen LogP contribution is -2.42. The third-order valence-corrected chi connectivity index (χ3v) is 3.33. The summed E-state index contributed by atoms with van der Waals surface area (Å²) in [5.74, 6) is 0. The van der Waals surface area contributed by atoms with Crippen molar-refractivity contribution in [1.29, 1.82) is 0 Å². The van der Waals surface area contributed by atoms with Gasteiger partial charge in [0.15, 0.2) is 0 Å². The molecule has 0 saturated carbocycles. The molecule has 0 saturated heterocycles. The molecule has 1 rings (SSSR count). The first-order chi connectivity index (χ1) is 8.13. The molecule has 1 aromatic heterocycles. The van der Waals surface area contributed by atoms with E-state index in [9.17, 15) is 0 Å². The maximum Gasteiger partial charge on any atom is 0.0410 e. The van der Waals surface area contributed by atoms with Gasteiger partial charge in [0.1, 0.15) is 0 Å². The van der Waals surface area contributed by atoms with Crippen LogP contribution in [0.3, 0.4) is 0 Å². The molecule has 1 aromatic rings. The van der Waals surface area contributed by atoms with Crippen LogP contribution in [0.5, 0.6) is 0 Å². The summed E-state index contributed by atoms with van der Waals surface area (Å²) >= 11 is 0. The SMILES string of the molecule is CCN(CC)CC(C)(CN)Cc1ccccn1. The van der Waals surface area contributed by atoms with Gasteiger partial charge in [-0.3, -0.25) is 4.98 Å². The highest BCUT2D eigenvalue weighted by Gasteiger charge is 2.25. The average Bonchev–Trinajstić information content (AvgIpc) is 2.37. The van der Waals surface area contributed by atoms with Crippen LogP contribution in [0.4, 0.5) is 0 Å². The van der Waals surface area contributed by atoms with Crippen LogP contribution < -0.4 is 5.73 Å². The Balaban J connectivity index is 2.68.